The average molecular weight is 162 g/mol. The van der Waals surface area contributed by atoms with E-state index in [1.165, 1.54) is 0 Å². The number of hydrogen-bond donors (Lipinski definition) is 0. The highest BCUT2D eigenvalue weighted by molar-refractivity contribution is 6.00. The van der Waals surface area contributed by atoms with Crippen molar-refractivity contribution < 1.29 is 9.57 Å². The minimum Gasteiger partial charge on any atom is -0.421 e. The number of nitrogens with zero attached hydrogens (tertiary/aromatic N) is 2. The molecule has 4 heteroatoms. The maximum absolute atomic E-state index is 5.38. The summed E-state index contributed by atoms with van der Waals surface area (Å²) in [5.74, 6) is 0.847. The number of hydrogen-bond acceptors (Lipinski definition) is 4. The van der Waals surface area contributed by atoms with Crippen LogP contribution in [0.15, 0.2) is 29.4 Å². The molecule has 0 saturated heterocycles. The van der Waals surface area contributed by atoms with Gasteiger partial charge in [-0.25, -0.2) is 0 Å². The SMILES string of the molecule is c1ccc2c(c1)OC1=NOCN12. The van der Waals surface area contributed by atoms with Gasteiger partial charge in [-0.3, -0.25) is 4.90 Å². The van der Waals surface area contributed by atoms with Crippen LogP contribution in [0.25, 0.3) is 0 Å². The van der Waals surface area contributed by atoms with E-state index in [2.05, 4.69) is 5.16 Å². The summed E-state index contributed by atoms with van der Waals surface area (Å²) in [6.07, 6.45) is 0. The Bertz CT molecular complexity index is 362. The van der Waals surface area contributed by atoms with E-state index in [9.17, 15) is 0 Å². The van der Waals surface area contributed by atoms with Crippen molar-refractivity contribution in [3.8, 4) is 5.75 Å². The molecule has 1 aromatic carbocycles. The summed E-state index contributed by atoms with van der Waals surface area (Å²) in [4.78, 5) is 6.74. The van der Waals surface area contributed by atoms with Gasteiger partial charge in [0.25, 0.3) is 0 Å². The lowest BCUT2D eigenvalue weighted by Crippen LogP contribution is -2.24. The first kappa shape index (κ1) is 5.88. The minimum atomic E-state index is 0.451. The van der Waals surface area contributed by atoms with Gasteiger partial charge in [0, 0.05) is 0 Å². The molecule has 0 radical (unpaired) electrons. The lowest BCUT2D eigenvalue weighted by atomic mass is 10.3. The number of fused-ring (bicyclic) bond motifs is 3. The van der Waals surface area contributed by atoms with E-state index in [0.29, 0.717) is 12.8 Å². The zero-order valence-corrected chi connectivity index (χ0v) is 6.23. The summed E-state index contributed by atoms with van der Waals surface area (Å²) in [5.41, 5.74) is 1.02. The highest BCUT2D eigenvalue weighted by Gasteiger charge is 2.31. The smallest absolute Gasteiger partial charge is 0.339 e. The average Bonchev–Trinajstić information content (AvgIpc) is 2.62. The summed E-state index contributed by atoms with van der Waals surface area (Å²) < 4.78 is 5.38. The fourth-order valence-corrected chi connectivity index (χ4v) is 1.36. The van der Waals surface area contributed by atoms with Crippen molar-refractivity contribution in [2.45, 2.75) is 0 Å². The predicted molar refractivity (Wildman–Crippen MR) is 42.9 cm³/mol. The van der Waals surface area contributed by atoms with Crippen molar-refractivity contribution in [1.82, 2.24) is 0 Å². The maximum atomic E-state index is 5.38. The lowest BCUT2D eigenvalue weighted by molar-refractivity contribution is 0.172. The van der Waals surface area contributed by atoms with Crippen molar-refractivity contribution in [2.24, 2.45) is 5.16 Å². The first-order chi connectivity index (χ1) is 5.95. The number of amidine groups is 1. The Balaban J connectivity index is 2.17. The van der Waals surface area contributed by atoms with Crippen molar-refractivity contribution >= 4 is 11.7 Å². The van der Waals surface area contributed by atoms with Gasteiger partial charge in [0.1, 0.15) is 0 Å². The van der Waals surface area contributed by atoms with E-state index in [1.54, 1.807) is 0 Å². The van der Waals surface area contributed by atoms with E-state index in [1.807, 2.05) is 29.2 Å². The third kappa shape index (κ3) is 0.592. The quantitative estimate of drug-likeness (QED) is 0.573. The molecule has 60 valence electrons. The Morgan fingerprint density at radius 2 is 2.25 bits per heavy atom. The zero-order valence-electron chi connectivity index (χ0n) is 6.23. The summed E-state index contributed by atoms with van der Waals surface area (Å²) in [7, 11) is 0. The monoisotopic (exact) mass is 162 g/mol. The molecule has 0 amide bonds. The molecule has 0 aromatic heterocycles. The van der Waals surface area contributed by atoms with Crippen LogP contribution in [0.1, 0.15) is 0 Å². The Hall–Kier alpha value is -1.71. The number of ether oxygens (including phenoxy) is 1. The molecule has 1 aromatic rings. The number of para-hydroxylation sites is 2. The van der Waals surface area contributed by atoms with E-state index < -0.39 is 0 Å². The highest BCUT2D eigenvalue weighted by Crippen LogP contribution is 2.35. The van der Waals surface area contributed by atoms with Crippen LogP contribution in [0.4, 0.5) is 5.69 Å². The summed E-state index contributed by atoms with van der Waals surface area (Å²) >= 11 is 0. The summed E-state index contributed by atoms with van der Waals surface area (Å²) in [6.45, 7) is 0.451. The fourth-order valence-electron chi connectivity index (χ4n) is 1.36. The molecule has 4 nitrogen and oxygen atoms in total. The number of rotatable bonds is 0. The van der Waals surface area contributed by atoms with Crippen LogP contribution in [0, 0.1) is 0 Å². The Morgan fingerprint density at radius 3 is 3.25 bits per heavy atom. The molecule has 0 saturated carbocycles. The van der Waals surface area contributed by atoms with Crippen molar-refractivity contribution in [3.63, 3.8) is 0 Å². The molecule has 3 rings (SSSR count). The Labute approximate surface area is 69.0 Å². The lowest BCUT2D eigenvalue weighted by Gasteiger charge is -2.05. The molecule has 0 unspecified atom stereocenters. The first-order valence-corrected chi connectivity index (χ1v) is 3.69. The van der Waals surface area contributed by atoms with Crippen molar-refractivity contribution in [2.75, 3.05) is 11.6 Å². The number of benzene rings is 1. The van der Waals surface area contributed by atoms with E-state index in [-0.39, 0.29) is 0 Å². The third-order valence-electron chi connectivity index (χ3n) is 1.92. The van der Waals surface area contributed by atoms with Crippen LogP contribution in [0.3, 0.4) is 0 Å². The van der Waals surface area contributed by atoms with Crippen molar-refractivity contribution in [1.29, 1.82) is 0 Å². The van der Waals surface area contributed by atoms with Gasteiger partial charge in [-0.2, -0.15) is 0 Å². The van der Waals surface area contributed by atoms with Crippen LogP contribution in [-0.2, 0) is 4.84 Å². The van der Waals surface area contributed by atoms with Gasteiger partial charge in [-0.05, 0) is 17.3 Å². The summed E-state index contributed by atoms with van der Waals surface area (Å²) in [6, 6.07) is 8.32. The molecular weight excluding hydrogens is 156 g/mol. The van der Waals surface area contributed by atoms with Gasteiger partial charge < -0.3 is 9.57 Å². The summed E-state index contributed by atoms with van der Waals surface area (Å²) in [5, 5.41) is 3.73. The van der Waals surface area contributed by atoms with Gasteiger partial charge in [-0.1, -0.05) is 12.1 Å². The van der Waals surface area contributed by atoms with Crippen LogP contribution in [0.2, 0.25) is 0 Å². The van der Waals surface area contributed by atoms with E-state index >= 15 is 0 Å². The molecule has 2 aliphatic rings. The maximum Gasteiger partial charge on any atom is 0.339 e. The van der Waals surface area contributed by atoms with Gasteiger partial charge >= 0.3 is 6.02 Å². The van der Waals surface area contributed by atoms with E-state index in [4.69, 9.17) is 9.57 Å². The molecular formula is C8H6N2O2. The van der Waals surface area contributed by atoms with Gasteiger partial charge in [0.15, 0.2) is 12.5 Å². The minimum absolute atomic E-state index is 0.451. The molecule has 2 aliphatic heterocycles. The standard InChI is InChI=1S/C8H6N2O2/c1-2-4-7-6(3-1)10-5-11-9-8(10)12-7/h1-4H,5H2. The normalized spacial score (nSPS) is 17.7. The Kier molecular flexibility index (Phi) is 0.935. The first-order valence-electron chi connectivity index (χ1n) is 3.69. The van der Waals surface area contributed by atoms with Crippen LogP contribution >= 0.6 is 0 Å². The van der Waals surface area contributed by atoms with Crippen molar-refractivity contribution in [3.05, 3.63) is 24.3 Å². The topological polar surface area (TPSA) is 34.1 Å². The van der Waals surface area contributed by atoms with Crippen LogP contribution in [0.5, 0.6) is 5.75 Å². The molecule has 0 spiro atoms. The molecule has 0 N–H and O–H groups in total. The fraction of sp³-hybridized carbons (Fsp3) is 0.125. The van der Waals surface area contributed by atoms with Gasteiger partial charge in [0.2, 0.25) is 0 Å². The molecule has 12 heavy (non-hydrogen) atoms. The third-order valence-corrected chi connectivity index (χ3v) is 1.92. The number of oxime groups is 1. The largest absolute Gasteiger partial charge is 0.421 e. The second kappa shape index (κ2) is 1.91. The number of anilines is 1. The predicted octanol–water partition coefficient (Wildman–Crippen LogP) is 1.14. The van der Waals surface area contributed by atoms with Crippen LogP contribution < -0.4 is 9.64 Å². The second-order valence-corrected chi connectivity index (χ2v) is 2.63. The van der Waals surface area contributed by atoms with Crippen LogP contribution in [-0.4, -0.2) is 12.8 Å². The Morgan fingerprint density at radius 1 is 1.33 bits per heavy atom. The molecule has 0 fully saturated rings. The molecule has 2 heterocycles. The molecule has 0 aliphatic carbocycles. The van der Waals surface area contributed by atoms with E-state index in [0.717, 1.165) is 11.4 Å². The van der Waals surface area contributed by atoms with Gasteiger partial charge in [0.05, 0.1) is 5.69 Å². The molecule has 0 bridgehead atoms. The molecule has 0 atom stereocenters. The van der Waals surface area contributed by atoms with Gasteiger partial charge in [-0.15, -0.1) is 0 Å². The highest BCUT2D eigenvalue weighted by atomic mass is 16.7. The zero-order chi connectivity index (χ0) is 7.97. The second-order valence-electron chi connectivity index (χ2n) is 2.63.